The molecule has 4 aromatic rings. The molecule has 1 aliphatic rings. The molecule has 0 radical (unpaired) electrons. The number of pyridine rings is 1. The molecular weight excluding hydrogens is 496 g/mol. The summed E-state index contributed by atoms with van der Waals surface area (Å²) in [6, 6.07) is 5.47. The van der Waals surface area contributed by atoms with E-state index in [1.54, 1.807) is 23.0 Å². The van der Waals surface area contributed by atoms with Crippen molar-refractivity contribution in [3.8, 4) is 11.3 Å². The van der Waals surface area contributed by atoms with Gasteiger partial charge in [-0.2, -0.15) is 5.10 Å². The summed E-state index contributed by atoms with van der Waals surface area (Å²) in [4.78, 5) is 26.8. The Kier molecular flexibility index (Phi) is 9.09. The van der Waals surface area contributed by atoms with Gasteiger partial charge >= 0.3 is 58.2 Å². The van der Waals surface area contributed by atoms with Crippen LogP contribution in [0.1, 0.15) is 24.4 Å². The molecule has 1 amide bonds. The number of rotatable bonds is 5. The Hall–Kier alpha value is -2.18. The van der Waals surface area contributed by atoms with E-state index in [0.717, 1.165) is 37.7 Å². The van der Waals surface area contributed by atoms with Gasteiger partial charge in [-0.05, 0) is 18.2 Å². The number of aromatic nitrogens is 5. The number of nitrogens with zero attached hydrogens (tertiary/aromatic N) is 7. The van der Waals surface area contributed by atoms with Crippen molar-refractivity contribution in [2.24, 2.45) is 5.73 Å². The average molecular weight is 520 g/mol. The van der Waals surface area contributed by atoms with Crippen LogP contribution in [0, 0.1) is 0 Å². The number of piperazine rings is 1. The predicted octanol–water partition coefficient (Wildman–Crippen LogP) is -0.154. The Labute approximate surface area is 240 Å². The second-order valence-electron chi connectivity index (χ2n) is 6.74. The van der Waals surface area contributed by atoms with Gasteiger partial charge in [0.2, 0.25) is 0 Å². The summed E-state index contributed by atoms with van der Waals surface area (Å²) in [5, 5.41) is 11.9. The number of nitrogens with one attached hydrogen (secondary N) is 1. The molecule has 166 valence electrons. The second kappa shape index (κ2) is 11.8. The zero-order valence-electron chi connectivity index (χ0n) is 18.9. The minimum Gasteiger partial charge on any atom is -0.659 e. The van der Waals surface area contributed by atoms with Gasteiger partial charge in [-0.1, -0.05) is 13.8 Å². The molecule has 0 aromatic carbocycles. The van der Waals surface area contributed by atoms with Crippen molar-refractivity contribution in [2.75, 3.05) is 36.4 Å². The number of nitrogens with two attached hydrogens (primary N) is 1. The minimum atomic E-state index is -0.641. The third-order valence-corrected chi connectivity index (χ3v) is 4.83. The van der Waals surface area contributed by atoms with E-state index >= 15 is 0 Å². The van der Waals surface area contributed by atoms with Crippen molar-refractivity contribution in [2.45, 2.75) is 13.8 Å². The van der Waals surface area contributed by atoms with E-state index in [4.69, 9.17) is 10.2 Å². The number of carbonyl (C=O) groups excluding carboxylic acids is 1. The van der Waals surface area contributed by atoms with E-state index in [-0.39, 0.29) is 63.9 Å². The standard InChI is InChI=1S/C19H18N9O2.C2H6.Rb/c20-17(29)15-7-12(10-30-15)14-9-23-18(19-24-11-25-28(14)19)26-13-1-2-16(22-8-13)27-5-3-21-4-6-27;1-2;/h1-2,7-11H,3-6H2,(H2,20,29)(H,23,26);1-2H3;/q-1;;+1. The topological polar surface area (TPSA) is 142 Å². The van der Waals surface area contributed by atoms with Crippen LogP contribution in [0.2, 0.25) is 0 Å². The molecular formula is C21H24N9O2Rb. The molecule has 4 aromatic heterocycles. The summed E-state index contributed by atoms with van der Waals surface area (Å²) in [6.07, 6.45) is 6.25. The second-order valence-corrected chi connectivity index (χ2v) is 6.74. The van der Waals surface area contributed by atoms with Gasteiger partial charge in [-0.3, -0.25) is 4.79 Å². The van der Waals surface area contributed by atoms with E-state index in [2.05, 4.69) is 35.6 Å². The molecule has 12 heteroatoms. The van der Waals surface area contributed by atoms with Crippen LogP contribution in [-0.4, -0.2) is 56.7 Å². The summed E-state index contributed by atoms with van der Waals surface area (Å²) in [7, 11) is 0. The fraction of sp³-hybridized carbons (Fsp3) is 0.286. The monoisotopic (exact) mass is 519 g/mol. The Morgan fingerprint density at radius 2 is 1.94 bits per heavy atom. The summed E-state index contributed by atoms with van der Waals surface area (Å²) in [5.41, 5.74) is 7.81. The van der Waals surface area contributed by atoms with E-state index in [0.29, 0.717) is 22.7 Å². The fourth-order valence-electron chi connectivity index (χ4n) is 3.32. The molecule has 11 nitrogen and oxygen atoms in total. The Morgan fingerprint density at radius 1 is 1.15 bits per heavy atom. The molecule has 3 N–H and O–H groups in total. The van der Waals surface area contributed by atoms with Gasteiger partial charge in [0.05, 0.1) is 23.8 Å². The zero-order chi connectivity index (χ0) is 22.5. The summed E-state index contributed by atoms with van der Waals surface area (Å²) >= 11 is 0. The normalized spacial score (nSPS) is 13.1. The van der Waals surface area contributed by atoms with Crippen LogP contribution in [0.4, 0.5) is 17.3 Å². The number of primary amides is 1. The van der Waals surface area contributed by atoms with Crippen LogP contribution in [0.15, 0.2) is 47.6 Å². The van der Waals surface area contributed by atoms with E-state index in [1.807, 2.05) is 26.0 Å². The smallest absolute Gasteiger partial charge is 0.659 e. The SMILES string of the molecule is CC.NC(=O)c1cc(-c2cnc(Nc3ccc(N4CC[N-]CC4)nc3)c3ncnn23)co1.[Rb+]. The molecule has 0 bridgehead atoms. The molecule has 33 heavy (non-hydrogen) atoms. The fourth-order valence-corrected chi connectivity index (χ4v) is 3.32. The summed E-state index contributed by atoms with van der Waals surface area (Å²) in [5.74, 6) is 0.879. The molecule has 0 unspecified atom stereocenters. The van der Waals surface area contributed by atoms with Gasteiger partial charge in [0.15, 0.2) is 17.2 Å². The first-order chi connectivity index (χ1) is 15.7. The summed E-state index contributed by atoms with van der Waals surface area (Å²) < 4.78 is 6.81. The molecule has 0 atom stereocenters. The van der Waals surface area contributed by atoms with Crippen LogP contribution in [-0.2, 0) is 0 Å². The maximum atomic E-state index is 11.3. The number of amides is 1. The molecule has 0 saturated carbocycles. The first-order valence-electron chi connectivity index (χ1n) is 10.4. The number of hydrogen-bond acceptors (Lipinski definition) is 8. The van der Waals surface area contributed by atoms with Crippen LogP contribution >= 0.6 is 0 Å². The van der Waals surface area contributed by atoms with Gasteiger partial charge < -0.3 is 25.7 Å². The van der Waals surface area contributed by atoms with Crippen LogP contribution in [0.25, 0.3) is 22.2 Å². The third kappa shape index (κ3) is 5.66. The maximum absolute atomic E-state index is 11.3. The van der Waals surface area contributed by atoms with Crippen LogP contribution < -0.4 is 74.1 Å². The molecule has 1 fully saturated rings. The first kappa shape index (κ1) is 25.4. The maximum Gasteiger partial charge on any atom is 1.00 e. The van der Waals surface area contributed by atoms with Crippen molar-refractivity contribution < 1.29 is 67.4 Å². The van der Waals surface area contributed by atoms with Gasteiger partial charge in [-0.25, -0.2) is 19.5 Å². The number of anilines is 3. The van der Waals surface area contributed by atoms with Gasteiger partial charge in [-0.15, -0.1) is 13.1 Å². The zero-order valence-corrected chi connectivity index (χ0v) is 23.8. The number of furan rings is 1. The molecule has 5 heterocycles. The van der Waals surface area contributed by atoms with E-state index in [1.165, 1.54) is 12.6 Å². The Bertz CT molecular complexity index is 1200. The van der Waals surface area contributed by atoms with E-state index < -0.39 is 5.91 Å². The Balaban J connectivity index is 0.000000994. The molecule has 0 aliphatic carbocycles. The first-order valence-corrected chi connectivity index (χ1v) is 10.4. The molecule has 1 saturated heterocycles. The van der Waals surface area contributed by atoms with Crippen molar-refractivity contribution >= 4 is 28.9 Å². The van der Waals surface area contributed by atoms with Crippen molar-refractivity contribution in [3.63, 3.8) is 0 Å². The average Bonchev–Trinajstić information content (AvgIpc) is 3.53. The number of hydrogen-bond donors (Lipinski definition) is 2. The number of carbonyl (C=O) groups is 1. The molecule has 5 rings (SSSR count). The minimum absolute atomic E-state index is 0. The van der Waals surface area contributed by atoms with Gasteiger partial charge in [0.1, 0.15) is 18.4 Å². The summed E-state index contributed by atoms with van der Waals surface area (Å²) in [6.45, 7) is 7.43. The predicted molar refractivity (Wildman–Crippen MR) is 121 cm³/mol. The molecule has 1 aliphatic heterocycles. The van der Waals surface area contributed by atoms with Crippen molar-refractivity contribution in [1.82, 2.24) is 24.6 Å². The Morgan fingerprint density at radius 3 is 2.61 bits per heavy atom. The van der Waals surface area contributed by atoms with Gasteiger partial charge in [0.25, 0.3) is 5.91 Å². The molecule has 0 spiro atoms. The van der Waals surface area contributed by atoms with Crippen molar-refractivity contribution in [1.29, 1.82) is 0 Å². The third-order valence-electron chi connectivity index (χ3n) is 4.83. The largest absolute Gasteiger partial charge is 1.00 e. The quantitative estimate of drug-likeness (QED) is 0.370. The van der Waals surface area contributed by atoms with Crippen molar-refractivity contribution in [3.05, 3.63) is 54.3 Å². The van der Waals surface area contributed by atoms with Crippen LogP contribution in [0.3, 0.4) is 0 Å². The van der Waals surface area contributed by atoms with E-state index in [9.17, 15) is 4.79 Å². The number of fused-ring (bicyclic) bond motifs is 1. The van der Waals surface area contributed by atoms with Gasteiger partial charge in [0, 0.05) is 18.7 Å². The van der Waals surface area contributed by atoms with Crippen LogP contribution in [0.5, 0.6) is 0 Å².